The van der Waals surface area contributed by atoms with Crippen LogP contribution in [0.25, 0.3) is 0 Å². The van der Waals surface area contributed by atoms with Crippen LogP contribution < -0.4 is 11.1 Å². The van der Waals surface area contributed by atoms with Crippen molar-refractivity contribution in [2.45, 2.75) is 12.8 Å². The van der Waals surface area contributed by atoms with Crippen molar-refractivity contribution in [3.05, 3.63) is 28.2 Å². The van der Waals surface area contributed by atoms with E-state index in [1.807, 2.05) is 0 Å². The van der Waals surface area contributed by atoms with Crippen molar-refractivity contribution in [3.63, 3.8) is 0 Å². The quantitative estimate of drug-likeness (QED) is 0.852. The minimum absolute atomic E-state index is 0.540. The molecule has 0 bridgehead atoms. The Morgan fingerprint density at radius 1 is 1.64 bits per heavy atom. The second-order valence-electron chi connectivity index (χ2n) is 3.93. The zero-order valence-corrected chi connectivity index (χ0v) is 9.84. The van der Waals surface area contributed by atoms with Crippen molar-refractivity contribution >= 4 is 21.6 Å². The van der Waals surface area contributed by atoms with Gasteiger partial charge in [-0.3, -0.25) is 0 Å². The van der Waals surface area contributed by atoms with Gasteiger partial charge in [-0.2, -0.15) is 0 Å². The first-order valence-electron chi connectivity index (χ1n) is 4.95. The number of nitrogens with two attached hydrogens (primary N) is 1. The molecule has 2 atom stereocenters. The fourth-order valence-electron chi connectivity index (χ4n) is 2.00. The highest BCUT2D eigenvalue weighted by Gasteiger charge is 2.26. The van der Waals surface area contributed by atoms with Gasteiger partial charge in [-0.05, 0) is 36.2 Å². The zero-order chi connectivity index (χ0) is 10.1. The lowest BCUT2D eigenvalue weighted by molar-refractivity contribution is 0.497. The Hall–Kier alpha value is -0.540. The number of benzene rings is 1. The molecule has 0 fully saturated rings. The molecular formula is C11H15BrN2. The largest absolute Gasteiger partial charge is 0.384 e. The summed E-state index contributed by atoms with van der Waals surface area (Å²) in [6.07, 6.45) is 0. The Labute approximate surface area is 93.0 Å². The maximum absolute atomic E-state index is 5.71. The van der Waals surface area contributed by atoms with Crippen molar-refractivity contribution in [3.8, 4) is 0 Å². The molecule has 2 rings (SSSR count). The Kier molecular flexibility index (Phi) is 2.79. The second-order valence-corrected chi connectivity index (χ2v) is 4.85. The number of nitrogens with one attached hydrogen (secondary N) is 1. The predicted molar refractivity (Wildman–Crippen MR) is 63.6 cm³/mol. The molecule has 0 amide bonds. The summed E-state index contributed by atoms with van der Waals surface area (Å²) in [5, 5.41) is 3.42. The molecule has 76 valence electrons. The van der Waals surface area contributed by atoms with E-state index in [1.165, 1.54) is 11.3 Å². The van der Waals surface area contributed by atoms with E-state index in [0.717, 1.165) is 17.6 Å². The predicted octanol–water partition coefficient (Wildman–Crippen LogP) is 2.55. The highest BCUT2D eigenvalue weighted by atomic mass is 79.9. The maximum Gasteiger partial charge on any atom is 0.0377 e. The van der Waals surface area contributed by atoms with Crippen LogP contribution in [0.4, 0.5) is 5.69 Å². The molecule has 0 saturated heterocycles. The zero-order valence-electron chi connectivity index (χ0n) is 8.26. The van der Waals surface area contributed by atoms with Crippen molar-refractivity contribution in [2.75, 3.05) is 18.4 Å². The molecule has 14 heavy (non-hydrogen) atoms. The molecule has 2 unspecified atom stereocenters. The second kappa shape index (κ2) is 3.91. The molecule has 2 nitrogen and oxygen atoms in total. The van der Waals surface area contributed by atoms with Gasteiger partial charge >= 0.3 is 0 Å². The third-order valence-corrected chi connectivity index (χ3v) is 3.48. The fourth-order valence-corrected chi connectivity index (χ4v) is 2.38. The van der Waals surface area contributed by atoms with E-state index in [2.05, 4.69) is 46.4 Å². The van der Waals surface area contributed by atoms with E-state index >= 15 is 0 Å². The highest BCUT2D eigenvalue weighted by Crippen LogP contribution is 2.37. The van der Waals surface area contributed by atoms with Crippen molar-refractivity contribution in [2.24, 2.45) is 11.7 Å². The maximum atomic E-state index is 5.71. The molecule has 1 aliphatic rings. The normalized spacial score (nSPS) is 21.5. The molecule has 0 aromatic heterocycles. The molecule has 3 heteroatoms. The molecule has 1 aromatic carbocycles. The van der Waals surface area contributed by atoms with Gasteiger partial charge in [0.1, 0.15) is 0 Å². The van der Waals surface area contributed by atoms with Gasteiger partial charge in [-0.25, -0.2) is 0 Å². The molecule has 0 saturated carbocycles. The minimum atomic E-state index is 0.540. The van der Waals surface area contributed by atoms with Gasteiger partial charge < -0.3 is 11.1 Å². The Morgan fingerprint density at radius 2 is 2.43 bits per heavy atom. The van der Waals surface area contributed by atoms with Crippen LogP contribution in [0.3, 0.4) is 0 Å². The summed E-state index contributed by atoms with van der Waals surface area (Å²) in [5.41, 5.74) is 8.37. The summed E-state index contributed by atoms with van der Waals surface area (Å²) in [6, 6.07) is 6.40. The van der Waals surface area contributed by atoms with Crippen molar-refractivity contribution in [1.29, 1.82) is 0 Å². The first-order valence-corrected chi connectivity index (χ1v) is 5.75. The molecule has 1 aromatic rings. The summed E-state index contributed by atoms with van der Waals surface area (Å²) < 4.78 is 1.15. The van der Waals surface area contributed by atoms with Crippen LogP contribution in [-0.2, 0) is 0 Å². The lowest BCUT2D eigenvalue weighted by atomic mass is 9.89. The Morgan fingerprint density at radius 3 is 3.14 bits per heavy atom. The third kappa shape index (κ3) is 1.66. The topological polar surface area (TPSA) is 38.0 Å². The van der Waals surface area contributed by atoms with Gasteiger partial charge in [0.2, 0.25) is 0 Å². The van der Waals surface area contributed by atoms with Gasteiger partial charge in [0.05, 0.1) is 0 Å². The Balaban J connectivity index is 2.33. The van der Waals surface area contributed by atoms with Crippen LogP contribution in [0, 0.1) is 5.92 Å². The van der Waals surface area contributed by atoms with Crippen LogP contribution in [0.1, 0.15) is 18.4 Å². The van der Waals surface area contributed by atoms with E-state index in [-0.39, 0.29) is 0 Å². The molecule has 1 aliphatic heterocycles. The number of fused-ring (bicyclic) bond motifs is 1. The number of rotatable bonds is 2. The SMILES string of the molecule is CC(CN)C1CNc2ccc(Br)cc21. The lowest BCUT2D eigenvalue weighted by Crippen LogP contribution is -2.20. The average molecular weight is 255 g/mol. The van der Waals surface area contributed by atoms with E-state index in [0.29, 0.717) is 11.8 Å². The summed E-state index contributed by atoms with van der Waals surface area (Å²) in [6.45, 7) is 3.98. The van der Waals surface area contributed by atoms with Gasteiger partial charge in [-0.15, -0.1) is 0 Å². The molecule has 0 radical (unpaired) electrons. The van der Waals surface area contributed by atoms with E-state index in [9.17, 15) is 0 Å². The average Bonchev–Trinajstić information content (AvgIpc) is 2.59. The number of anilines is 1. The van der Waals surface area contributed by atoms with Crippen LogP contribution in [-0.4, -0.2) is 13.1 Å². The van der Waals surface area contributed by atoms with Gasteiger partial charge in [0.15, 0.2) is 0 Å². The third-order valence-electron chi connectivity index (χ3n) is 2.98. The van der Waals surface area contributed by atoms with E-state index < -0.39 is 0 Å². The van der Waals surface area contributed by atoms with Gasteiger partial charge in [0, 0.05) is 22.6 Å². The first-order chi connectivity index (χ1) is 6.72. The summed E-state index contributed by atoms with van der Waals surface area (Å²) in [4.78, 5) is 0. The van der Waals surface area contributed by atoms with Crippen molar-refractivity contribution in [1.82, 2.24) is 0 Å². The summed E-state index contributed by atoms with van der Waals surface area (Å²) >= 11 is 3.50. The van der Waals surface area contributed by atoms with Gasteiger partial charge in [-0.1, -0.05) is 22.9 Å². The molecule has 0 aliphatic carbocycles. The monoisotopic (exact) mass is 254 g/mol. The number of hydrogen-bond donors (Lipinski definition) is 2. The fraction of sp³-hybridized carbons (Fsp3) is 0.455. The summed E-state index contributed by atoms with van der Waals surface area (Å²) in [5.74, 6) is 1.10. The standard InChI is InChI=1S/C11H15BrN2/c1-7(5-13)10-6-14-11-3-2-8(12)4-9(10)11/h2-4,7,10,14H,5-6,13H2,1H3. The molecular weight excluding hydrogens is 240 g/mol. The van der Waals surface area contributed by atoms with Crippen molar-refractivity contribution < 1.29 is 0 Å². The highest BCUT2D eigenvalue weighted by molar-refractivity contribution is 9.10. The molecule has 1 heterocycles. The number of halogens is 1. The van der Waals surface area contributed by atoms with Crippen LogP contribution >= 0.6 is 15.9 Å². The number of hydrogen-bond acceptors (Lipinski definition) is 2. The van der Waals surface area contributed by atoms with Crippen LogP contribution in [0.2, 0.25) is 0 Å². The van der Waals surface area contributed by atoms with Crippen LogP contribution in [0.15, 0.2) is 22.7 Å². The smallest absolute Gasteiger partial charge is 0.0377 e. The molecule has 3 N–H and O–H groups in total. The van der Waals surface area contributed by atoms with E-state index in [4.69, 9.17) is 5.73 Å². The van der Waals surface area contributed by atoms with Crippen LogP contribution in [0.5, 0.6) is 0 Å². The lowest BCUT2D eigenvalue weighted by Gasteiger charge is -2.17. The van der Waals surface area contributed by atoms with E-state index in [1.54, 1.807) is 0 Å². The van der Waals surface area contributed by atoms with Gasteiger partial charge in [0.25, 0.3) is 0 Å². The Bertz CT molecular complexity index is 338. The first kappa shape index (κ1) is 9.99. The summed E-state index contributed by atoms with van der Waals surface area (Å²) in [7, 11) is 0. The molecule has 0 spiro atoms. The minimum Gasteiger partial charge on any atom is -0.384 e.